The second-order valence-corrected chi connectivity index (χ2v) is 3.29. The molecule has 0 aliphatic carbocycles. The summed E-state index contributed by atoms with van der Waals surface area (Å²) in [6.45, 7) is 8.59. The third-order valence-corrected chi connectivity index (χ3v) is 1.94. The van der Waals surface area contributed by atoms with Gasteiger partial charge in [0.15, 0.2) is 0 Å². The summed E-state index contributed by atoms with van der Waals surface area (Å²) in [6.07, 6.45) is 0.163. The quantitative estimate of drug-likeness (QED) is 0.587. The molecule has 1 unspecified atom stereocenters. The average Bonchev–Trinajstić information content (AvgIpc) is 2.15. The van der Waals surface area contributed by atoms with E-state index in [4.69, 9.17) is 15.2 Å². The average molecular weight is 204 g/mol. The predicted molar refractivity (Wildman–Crippen MR) is 58.5 cm³/mol. The monoisotopic (exact) mass is 204 g/mol. The first-order valence-corrected chi connectivity index (χ1v) is 5.32. The molecule has 14 heavy (non-hydrogen) atoms. The van der Waals surface area contributed by atoms with Gasteiger partial charge < -0.3 is 20.1 Å². The summed E-state index contributed by atoms with van der Waals surface area (Å²) in [4.78, 5) is 2.17. The molecule has 0 fully saturated rings. The van der Waals surface area contributed by atoms with Crippen molar-refractivity contribution < 1.29 is 9.47 Å². The van der Waals surface area contributed by atoms with Crippen LogP contribution in [-0.2, 0) is 9.47 Å². The van der Waals surface area contributed by atoms with Gasteiger partial charge in [0.05, 0.1) is 12.7 Å². The molecule has 1 atom stereocenters. The summed E-state index contributed by atoms with van der Waals surface area (Å²) in [6, 6.07) is 0. The zero-order chi connectivity index (χ0) is 10.8. The molecule has 0 radical (unpaired) electrons. The minimum Gasteiger partial charge on any atom is -0.379 e. The normalized spacial score (nSPS) is 13.5. The van der Waals surface area contributed by atoms with Crippen molar-refractivity contribution in [2.24, 2.45) is 5.73 Å². The largest absolute Gasteiger partial charge is 0.379 e. The van der Waals surface area contributed by atoms with Crippen molar-refractivity contribution in [3.8, 4) is 0 Å². The lowest BCUT2D eigenvalue weighted by Crippen LogP contribution is -2.36. The number of nitrogens with two attached hydrogens (primary N) is 1. The molecule has 0 spiro atoms. The molecule has 4 heteroatoms. The SMILES string of the molecule is CCOCC(CN(C)CCN)OCC. The van der Waals surface area contributed by atoms with E-state index in [2.05, 4.69) is 4.90 Å². The molecule has 0 rings (SSSR count). The summed E-state index contributed by atoms with van der Waals surface area (Å²) in [5.41, 5.74) is 5.47. The molecule has 0 aromatic carbocycles. The second-order valence-electron chi connectivity index (χ2n) is 3.29. The third kappa shape index (κ3) is 7.26. The molecule has 4 nitrogen and oxygen atoms in total. The molecule has 0 amide bonds. The summed E-state index contributed by atoms with van der Waals surface area (Å²) in [5, 5.41) is 0. The van der Waals surface area contributed by atoms with Gasteiger partial charge in [-0.05, 0) is 20.9 Å². The van der Waals surface area contributed by atoms with Crippen molar-refractivity contribution in [1.82, 2.24) is 4.90 Å². The molecular weight excluding hydrogens is 180 g/mol. The van der Waals surface area contributed by atoms with Crippen LogP contribution in [-0.4, -0.2) is 57.5 Å². The summed E-state index contributed by atoms with van der Waals surface area (Å²) in [5.74, 6) is 0. The summed E-state index contributed by atoms with van der Waals surface area (Å²) in [7, 11) is 2.05. The lowest BCUT2D eigenvalue weighted by molar-refractivity contribution is -0.0218. The van der Waals surface area contributed by atoms with Gasteiger partial charge in [0.1, 0.15) is 0 Å². The Morgan fingerprint density at radius 2 is 2.00 bits per heavy atom. The van der Waals surface area contributed by atoms with Crippen LogP contribution in [0.25, 0.3) is 0 Å². The Hall–Kier alpha value is -0.160. The Balaban J connectivity index is 3.69. The molecule has 2 N–H and O–H groups in total. The van der Waals surface area contributed by atoms with Gasteiger partial charge in [0.2, 0.25) is 0 Å². The van der Waals surface area contributed by atoms with Crippen molar-refractivity contribution in [3.05, 3.63) is 0 Å². The van der Waals surface area contributed by atoms with E-state index in [1.165, 1.54) is 0 Å². The fraction of sp³-hybridized carbons (Fsp3) is 1.00. The minimum atomic E-state index is 0.163. The number of likely N-dealkylation sites (N-methyl/N-ethyl adjacent to an activating group) is 1. The van der Waals surface area contributed by atoms with Crippen LogP contribution in [0.15, 0.2) is 0 Å². The van der Waals surface area contributed by atoms with E-state index in [1.54, 1.807) is 0 Å². The van der Waals surface area contributed by atoms with E-state index in [-0.39, 0.29) is 6.10 Å². The van der Waals surface area contributed by atoms with E-state index in [0.29, 0.717) is 13.2 Å². The summed E-state index contributed by atoms with van der Waals surface area (Å²) >= 11 is 0. The van der Waals surface area contributed by atoms with Gasteiger partial charge in [0.25, 0.3) is 0 Å². The number of ether oxygens (including phenoxy) is 2. The van der Waals surface area contributed by atoms with E-state index in [0.717, 1.165) is 26.3 Å². The number of nitrogens with zero attached hydrogens (tertiary/aromatic N) is 1. The van der Waals surface area contributed by atoms with Gasteiger partial charge in [-0.3, -0.25) is 0 Å². The van der Waals surface area contributed by atoms with Gasteiger partial charge in [-0.25, -0.2) is 0 Å². The van der Waals surface area contributed by atoms with Crippen LogP contribution in [0.4, 0.5) is 0 Å². The first kappa shape index (κ1) is 13.8. The van der Waals surface area contributed by atoms with Crippen LogP contribution in [0.2, 0.25) is 0 Å². The van der Waals surface area contributed by atoms with E-state index >= 15 is 0 Å². The van der Waals surface area contributed by atoms with Crippen LogP contribution in [0.3, 0.4) is 0 Å². The Morgan fingerprint density at radius 1 is 1.29 bits per heavy atom. The molecule has 0 bridgehead atoms. The summed E-state index contributed by atoms with van der Waals surface area (Å²) < 4.78 is 10.9. The lowest BCUT2D eigenvalue weighted by Gasteiger charge is -2.23. The van der Waals surface area contributed by atoms with Crippen molar-refractivity contribution in [2.45, 2.75) is 20.0 Å². The van der Waals surface area contributed by atoms with Gasteiger partial charge >= 0.3 is 0 Å². The highest BCUT2D eigenvalue weighted by molar-refractivity contribution is 4.63. The van der Waals surface area contributed by atoms with Crippen LogP contribution in [0.5, 0.6) is 0 Å². The molecule has 0 aromatic heterocycles. The molecule has 0 aliphatic rings. The number of hydrogen-bond acceptors (Lipinski definition) is 4. The van der Waals surface area contributed by atoms with Crippen molar-refractivity contribution in [2.75, 3.05) is 46.5 Å². The molecule has 0 aromatic rings. The van der Waals surface area contributed by atoms with Gasteiger partial charge in [-0.2, -0.15) is 0 Å². The first-order valence-electron chi connectivity index (χ1n) is 5.32. The van der Waals surface area contributed by atoms with Gasteiger partial charge in [0, 0.05) is 32.8 Å². The molecule has 0 saturated heterocycles. The fourth-order valence-electron chi connectivity index (χ4n) is 1.30. The van der Waals surface area contributed by atoms with E-state index in [9.17, 15) is 0 Å². The van der Waals surface area contributed by atoms with Gasteiger partial charge in [-0.15, -0.1) is 0 Å². The second kappa shape index (κ2) is 9.40. The minimum absolute atomic E-state index is 0.163. The Morgan fingerprint density at radius 3 is 2.50 bits per heavy atom. The Bertz CT molecular complexity index is 123. The highest BCUT2D eigenvalue weighted by Crippen LogP contribution is 1.96. The molecule has 86 valence electrons. The third-order valence-electron chi connectivity index (χ3n) is 1.94. The van der Waals surface area contributed by atoms with E-state index < -0.39 is 0 Å². The highest BCUT2D eigenvalue weighted by Gasteiger charge is 2.10. The maximum atomic E-state index is 5.55. The zero-order valence-corrected chi connectivity index (χ0v) is 9.66. The van der Waals surface area contributed by atoms with Crippen molar-refractivity contribution in [1.29, 1.82) is 0 Å². The van der Waals surface area contributed by atoms with Crippen LogP contribution in [0, 0.1) is 0 Å². The lowest BCUT2D eigenvalue weighted by atomic mass is 10.3. The smallest absolute Gasteiger partial charge is 0.0934 e. The maximum Gasteiger partial charge on any atom is 0.0934 e. The van der Waals surface area contributed by atoms with Crippen molar-refractivity contribution >= 4 is 0 Å². The number of rotatable bonds is 9. The van der Waals surface area contributed by atoms with Crippen molar-refractivity contribution in [3.63, 3.8) is 0 Å². The van der Waals surface area contributed by atoms with Gasteiger partial charge in [-0.1, -0.05) is 0 Å². The molecular formula is C10H24N2O2. The van der Waals surface area contributed by atoms with Crippen LogP contribution < -0.4 is 5.73 Å². The first-order chi connectivity index (χ1) is 6.74. The Kier molecular flexibility index (Phi) is 9.29. The molecule has 0 heterocycles. The predicted octanol–water partition coefficient (Wildman–Crippen LogP) is 0.319. The molecule has 0 aliphatic heterocycles. The Labute approximate surface area is 87.4 Å². The zero-order valence-electron chi connectivity index (χ0n) is 9.66. The molecule has 0 saturated carbocycles. The standard InChI is InChI=1S/C10H24N2O2/c1-4-13-9-10(14-5-2)8-12(3)7-6-11/h10H,4-9,11H2,1-3H3. The maximum absolute atomic E-state index is 5.55. The topological polar surface area (TPSA) is 47.7 Å². The highest BCUT2D eigenvalue weighted by atomic mass is 16.5. The van der Waals surface area contributed by atoms with E-state index in [1.807, 2.05) is 20.9 Å². The van der Waals surface area contributed by atoms with Crippen LogP contribution >= 0.6 is 0 Å². The number of hydrogen-bond donors (Lipinski definition) is 1. The van der Waals surface area contributed by atoms with Crippen LogP contribution in [0.1, 0.15) is 13.8 Å². The fourth-order valence-corrected chi connectivity index (χ4v) is 1.30.